The number of hydrogen-bond acceptors (Lipinski definition) is 3. The molecular weight excluding hydrogens is 250 g/mol. The average molecular weight is 271 g/mol. The van der Waals surface area contributed by atoms with Crippen molar-refractivity contribution in [1.29, 1.82) is 0 Å². The summed E-state index contributed by atoms with van der Waals surface area (Å²) in [4.78, 5) is 0. The number of hydrogen-bond donors (Lipinski definition) is 1. The Morgan fingerprint density at radius 1 is 1.30 bits per heavy atom. The summed E-state index contributed by atoms with van der Waals surface area (Å²) in [6, 6.07) is 11.0. The molecule has 2 atom stereocenters. The zero-order valence-corrected chi connectivity index (χ0v) is 12.3. The second-order valence-electron chi connectivity index (χ2n) is 5.49. The normalized spacial score (nSPS) is 18.9. The van der Waals surface area contributed by atoms with E-state index in [4.69, 9.17) is 9.15 Å². The molecule has 0 radical (unpaired) electrons. The van der Waals surface area contributed by atoms with E-state index in [0.717, 1.165) is 30.1 Å². The molecule has 3 nitrogen and oxygen atoms in total. The van der Waals surface area contributed by atoms with Crippen LogP contribution in [0.3, 0.4) is 0 Å². The molecule has 0 spiro atoms. The van der Waals surface area contributed by atoms with Gasteiger partial charge in [-0.15, -0.1) is 0 Å². The van der Waals surface area contributed by atoms with Gasteiger partial charge in [0.05, 0.1) is 13.2 Å². The summed E-state index contributed by atoms with van der Waals surface area (Å²) in [5.74, 6) is 2.89. The highest BCUT2D eigenvalue weighted by Gasteiger charge is 2.25. The molecule has 0 aliphatic heterocycles. The van der Waals surface area contributed by atoms with Gasteiger partial charge in [-0.05, 0) is 62.1 Å². The lowest BCUT2D eigenvalue weighted by Gasteiger charge is -2.19. The third kappa shape index (κ3) is 2.46. The first-order valence-corrected chi connectivity index (χ1v) is 7.16. The van der Waals surface area contributed by atoms with Crippen LogP contribution in [0.5, 0.6) is 5.75 Å². The maximum Gasteiger partial charge on any atom is 0.120 e. The van der Waals surface area contributed by atoms with Gasteiger partial charge in [-0.2, -0.15) is 0 Å². The van der Waals surface area contributed by atoms with Crippen molar-refractivity contribution in [3.8, 4) is 5.75 Å². The average Bonchev–Trinajstić information content (AvgIpc) is 3.05. The van der Waals surface area contributed by atoms with Gasteiger partial charge in [0.25, 0.3) is 0 Å². The summed E-state index contributed by atoms with van der Waals surface area (Å²) in [7, 11) is 1.72. The monoisotopic (exact) mass is 271 g/mol. The Bertz CT molecular complexity index is 603. The maximum absolute atomic E-state index is 5.70. The minimum atomic E-state index is 0.214. The van der Waals surface area contributed by atoms with Crippen molar-refractivity contribution < 1.29 is 9.15 Å². The standard InChI is InChI=1S/C17H21NO2/c1-11-4-9-17(20-11)12(2)18-16-8-6-13-5-7-14(19-3)10-15(13)16/h4-5,7,9-10,12,16,18H,6,8H2,1-3H3. The summed E-state index contributed by atoms with van der Waals surface area (Å²) in [5, 5.41) is 3.67. The van der Waals surface area contributed by atoms with Crippen molar-refractivity contribution in [2.45, 2.75) is 38.8 Å². The largest absolute Gasteiger partial charge is 0.497 e. The number of ether oxygens (including phenoxy) is 1. The number of nitrogens with one attached hydrogen (secondary N) is 1. The highest BCUT2D eigenvalue weighted by atomic mass is 16.5. The number of methoxy groups -OCH3 is 1. The molecule has 2 unspecified atom stereocenters. The second-order valence-corrected chi connectivity index (χ2v) is 5.49. The van der Waals surface area contributed by atoms with E-state index in [1.54, 1.807) is 7.11 Å². The van der Waals surface area contributed by atoms with E-state index in [2.05, 4.69) is 30.4 Å². The highest BCUT2D eigenvalue weighted by Crippen LogP contribution is 2.35. The van der Waals surface area contributed by atoms with Crippen LogP contribution in [0, 0.1) is 6.92 Å². The molecule has 106 valence electrons. The Morgan fingerprint density at radius 3 is 2.85 bits per heavy atom. The van der Waals surface area contributed by atoms with Crippen molar-refractivity contribution in [3.05, 3.63) is 53.0 Å². The number of benzene rings is 1. The Balaban J connectivity index is 1.77. The van der Waals surface area contributed by atoms with E-state index in [-0.39, 0.29) is 6.04 Å². The molecule has 0 saturated carbocycles. The number of fused-ring (bicyclic) bond motifs is 1. The highest BCUT2D eigenvalue weighted by molar-refractivity contribution is 5.41. The first-order chi connectivity index (χ1) is 9.67. The van der Waals surface area contributed by atoms with Crippen LogP contribution in [0.25, 0.3) is 0 Å². The van der Waals surface area contributed by atoms with E-state index in [0.29, 0.717) is 6.04 Å². The summed E-state index contributed by atoms with van der Waals surface area (Å²) >= 11 is 0. The number of aryl methyl sites for hydroxylation is 2. The molecule has 0 bridgehead atoms. The predicted molar refractivity (Wildman–Crippen MR) is 79.1 cm³/mol. The zero-order valence-electron chi connectivity index (χ0n) is 12.3. The lowest BCUT2D eigenvalue weighted by Crippen LogP contribution is -2.22. The Morgan fingerprint density at radius 2 is 2.15 bits per heavy atom. The molecule has 1 aromatic heterocycles. The second kappa shape index (κ2) is 5.33. The van der Waals surface area contributed by atoms with Crippen LogP contribution in [-0.4, -0.2) is 7.11 Å². The Hall–Kier alpha value is -1.74. The molecular formula is C17H21NO2. The van der Waals surface area contributed by atoms with Crippen LogP contribution in [-0.2, 0) is 6.42 Å². The van der Waals surface area contributed by atoms with Crippen LogP contribution < -0.4 is 10.1 Å². The van der Waals surface area contributed by atoms with Gasteiger partial charge in [-0.1, -0.05) is 6.07 Å². The predicted octanol–water partition coefficient (Wildman–Crippen LogP) is 3.93. The maximum atomic E-state index is 5.70. The van der Waals surface area contributed by atoms with Crippen LogP contribution in [0.4, 0.5) is 0 Å². The SMILES string of the molecule is COc1ccc2c(c1)C(NC(C)c1ccc(C)o1)CC2. The third-order valence-corrected chi connectivity index (χ3v) is 4.07. The van der Waals surface area contributed by atoms with Gasteiger partial charge in [0, 0.05) is 6.04 Å². The quantitative estimate of drug-likeness (QED) is 0.914. The van der Waals surface area contributed by atoms with Gasteiger partial charge >= 0.3 is 0 Å². The van der Waals surface area contributed by atoms with Gasteiger partial charge in [-0.3, -0.25) is 0 Å². The summed E-state index contributed by atoms with van der Waals surface area (Å²) in [6.07, 6.45) is 2.26. The number of furan rings is 1. The smallest absolute Gasteiger partial charge is 0.120 e. The van der Waals surface area contributed by atoms with Crippen molar-refractivity contribution in [2.75, 3.05) is 7.11 Å². The van der Waals surface area contributed by atoms with Gasteiger partial charge < -0.3 is 14.5 Å². The van der Waals surface area contributed by atoms with Crippen LogP contribution in [0.15, 0.2) is 34.7 Å². The topological polar surface area (TPSA) is 34.4 Å². The summed E-state index contributed by atoms with van der Waals surface area (Å²) in [5.41, 5.74) is 2.78. The molecule has 0 amide bonds. The molecule has 2 aromatic rings. The van der Waals surface area contributed by atoms with E-state index in [9.17, 15) is 0 Å². The van der Waals surface area contributed by atoms with Gasteiger partial charge in [0.15, 0.2) is 0 Å². The molecule has 1 aromatic carbocycles. The Labute approximate surface area is 119 Å². The van der Waals surface area contributed by atoms with Gasteiger partial charge in [-0.25, -0.2) is 0 Å². The van der Waals surface area contributed by atoms with Crippen molar-refractivity contribution >= 4 is 0 Å². The molecule has 1 heterocycles. The fourth-order valence-electron chi connectivity index (χ4n) is 2.95. The molecule has 1 aliphatic carbocycles. The Kier molecular flexibility index (Phi) is 3.53. The van der Waals surface area contributed by atoms with Gasteiger partial charge in [0.1, 0.15) is 17.3 Å². The molecule has 3 rings (SSSR count). The van der Waals surface area contributed by atoms with Crippen molar-refractivity contribution in [3.63, 3.8) is 0 Å². The molecule has 0 fully saturated rings. The number of rotatable bonds is 4. The van der Waals surface area contributed by atoms with Crippen LogP contribution >= 0.6 is 0 Å². The minimum absolute atomic E-state index is 0.214. The first-order valence-electron chi connectivity index (χ1n) is 7.16. The van der Waals surface area contributed by atoms with E-state index in [1.807, 2.05) is 19.1 Å². The minimum Gasteiger partial charge on any atom is -0.497 e. The molecule has 1 N–H and O–H groups in total. The first kappa shape index (κ1) is 13.3. The summed E-state index contributed by atoms with van der Waals surface area (Å²) < 4.78 is 11.0. The fraction of sp³-hybridized carbons (Fsp3) is 0.412. The van der Waals surface area contributed by atoms with E-state index in [1.165, 1.54) is 11.1 Å². The molecule has 0 saturated heterocycles. The molecule has 1 aliphatic rings. The molecule has 3 heteroatoms. The van der Waals surface area contributed by atoms with Crippen molar-refractivity contribution in [2.24, 2.45) is 0 Å². The third-order valence-electron chi connectivity index (χ3n) is 4.07. The lowest BCUT2D eigenvalue weighted by atomic mass is 10.1. The molecule has 20 heavy (non-hydrogen) atoms. The van der Waals surface area contributed by atoms with E-state index < -0.39 is 0 Å². The van der Waals surface area contributed by atoms with Crippen LogP contribution in [0.2, 0.25) is 0 Å². The fourth-order valence-corrected chi connectivity index (χ4v) is 2.95. The van der Waals surface area contributed by atoms with Crippen molar-refractivity contribution in [1.82, 2.24) is 5.32 Å². The van der Waals surface area contributed by atoms with E-state index >= 15 is 0 Å². The summed E-state index contributed by atoms with van der Waals surface area (Å²) in [6.45, 7) is 4.13. The van der Waals surface area contributed by atoms with Gasteiger partial charge in [0.2, 0.25) is 0 Å². The zero-order chi connectivity index (χ0) is 14.1. The lowest BCUT2D eigenvalue weighted by molar-refractivity contribution is 0.380. The van der Waals surface area contributed by atoms with Crippen LogP contribution in [0.1, 0.15) is 48.1 Å².